The molecule has 0 aromatic heterocycles. The molecule has 0 amide bonds. The Balaban J connectivity index is 0.945. The number of anilines is 6. The van der Waals surface area contributed by atoms with E-state index in [9.17, 15) is 0 Å². The van der Waals surface area contributed by atoms with Gasteiger partial charge in [-0.05, 0) is 160 Å². The van der Waals surface area contributed by atoms with Crippen LogP contribution in [0.2, 0.25) is 0 Å². The number of hydrogen-bond donors (Lipinski definition) is 0. The predicted molar refractivity (Wildman–Crippen MR) is 268 cm³/mol. The van der Waals surface area contributed by atoms with Crippen LogP contribution in [0, 0.1) is 0 Å². The molecule has 63 heavy (non-hydrogen) atoms. The molecule has 0 spiro atoms. The van der Waals surface area contributed by atoms with Crippen LogP contribution in [0.5, 0.6) is 0 Å². The Bertz CT molecular complexity index is 3360. The summed E-state index contributed by atoms with van der Waals surface area (Å²) < 4.78 is 0. The zero-order chi connectivity index (χ0) is 42.6. The molecule has 10 aromatic carbocycles. The second kappa shape index (κ2) is 12.5. The summed E-state index contributed by atoms with van der Waals surface area (Å²) in [7, 11) is 0. The van der Waals surface area contributed by atoms with Gasteiger partial charge in [-0.15, -0.1) is 0 Å². The lowest BCUT2D eigenvalue weighted by Gasteiger charge is -2.30. The molecule has 0 fully saturated rings. The Morgan fingerprint density at radius 1 is 0.254 bits per heavy atom. The second-order valence-electron chi connectivity index (χ2n) is 19.8. The van der Waals surface area contributed by atoms with Crippen molar-refractivity contribution in [2.24, 2.45) is 0 Å². The third kappa shape index (κ3) is 4.90. The van der Waals surface area contributed by atoms with E-state index >= 15 is 0 Å². The molecule has 0 N–H and O–H groups in total. The van der Waals surface area contributed by atoms with Crippen molar-refractivity contribution in [1.29, 1.82) is 0 Å². The monoisotopic (exact) mass is 808 g/mol. The third-order valence-corrected chi connectivity index (χ3v) is 15.3. The highest BCUT2D eigenvalue weighted by Crippen LogP contribution is 2.56. The van der Waals surface area contributed by atoms with Crippen LogP contribution in [0.1, 0.15) is 74.9 Å². The van der Waals surface area contributed by atoms with Crippen LogP contribution in [0.4, 0.5) is 34.1 Å². The lowest BCUT2D eigenvalue weighted by Crippen LogP contribution is -2.19. The molecule has 13 rings (SSSR count). The lowest BCUT2D eigenvalue weighted by molar-refractivity contribution is 0.660. The maximum absolute atomic E-state index is 2.47. The summed E-state index contributed by atoms with van der Waals surface area (Å²) in [6.45, 7) is 14.4. The van der Waals surface area contributed by atoms with E-state index in [4.69, 9.17) is 0 Å². The van der Waals surface area contributed by atoms with Crippen molar-refractivity contribution >= 4 is 77.2 Å². The molecule has 0 saturated heterocycles. The van der Waals surface area contributed by atoms with Gasteiger partial charge in [-0.2, -0.15) is 0 Å². The van der Waals surface area contributed by atoms with Crippen molar-refractivity contribution < 1.29 is 0 Å². The fraction of sp³-hybridized carbons (Fsp3) is 0.148. The van der Waals surface area contributed by atoms with Crippen molar-refractivity contribution in [3.8, 4) is 11.1 Å². The average molecular weight is 809 g/mol. The van der Waals surface area contributed by atoms with Gasteiger partial charge in [-0.3, -0.25) is 0 Å². The Hall–Kier alpha value is -7.16. The number of para-hydroxylation sites is 2. The van der Waals surface area contributed by atoms with Crippen LogP contribution in [-0.4, -0.2) is 0 Å². The van der Waals surface area contributed by atoms with Crippen LogP contribution in [0.15, 0.2) is 182 Å². The molecule has 0 radical (unpaired) electrons. The van der Waals surface area contributed by atoms with E-state index in [1.54, 1.807) is 0 Å². The van der Waals surface area contributed by atoms with Gasteiger partial charge in [0.05, 0.1) is 0 Å². The van der Waals surface area contributed by atoms with Crippen molar-refractivity contribution in [3.63, 3.8) is 0 Å². The summed E-state index contributed by atoms with van der Waals surface area (Å²) in [5.74, 6) is 0. The largest absolute Gasteiger partial charge is 0.310 e. The van der Waals surface area contributed by atoms with Gasteiger partial charge in [0.25, 0.3) is 0 Å². The first-order valence-electron chi connectivity index (χ1n) is 22.5. The molecule has 302 valence electrons. The number of hydrogen-bond acceptors (Lipinski definition) is 2. The van der Waals surface area contributed by atoms with Crippen molar-refractivity contribution in [2.75, 3.05) is 9.80 Å². The molecule has 3 aliphatic carbocycles. The minimum Gasteiger partial charge on any atom is -0.310 e. The van der Waals surface area contributed by atoms with Crippen LogP contribution in [0.25, 0.3) is 54.2 Å². The molecule has 2 heteroatoms. The number of rotatable bonds is 6. The molecule has 3 aliphatic rings. The van der Waals surface area contributed by atoms with E-state index in [0.29, 0.717) is 0 Å². The molecule has 0 heterocycles. The van der Waals surface area contributed by atoms with Gasteiger partial charge in [0.1, 0.15) is 0 Å². The molecule has 0 bridgehead atoms. The van der Waals surface area contributed by atoms with Gasteiger partial charge in [-0.1, -0.05) is 151 Å². The summed E-state index contributed by atoms with van der Waals surface area (Å²) in [6.07, 6.45) is 0. The van der Waals surface area contributed by atoms with E-state index in [1.165, 1.54) is 110 Å². The van der Waals surface area contributed by atoms with Crippen molar-refractivity contribution in [3.05, 3.63) is 215 Å². The van der Waals surface area contributed by atoms with Crippen LogP contribution >= 0.6 is 0 Å². The quantitative estimate of drug-likeness (QED) is 0.154. The minimum atomic E-state index is -0.249. The number of fused-ring (bicyclic) bond motifs is 3. The Morgan fingerprint density at radius 2 is 0.619 bits per heavy atom. The zero-order valence-corrected chi connectivity index (χ0v) is 36.7. The lowest BCUT2D eigenvalue weighted by atomic mass is 9.81. The molecule has 0 unspecified atom stereocenters. The van der Waals surface area contributed by atoms with Crippen molar-refractivity contribution in [2.45, 2.75) is 57.8 Å². The van der Waals surface area contributed by atoms with Crippen LogP contribution in [0.3, 0.4) is 0 Å². The highest BCUT2D eigenvalue weighted by molar-refractivity contribution is 6.17. The van der Waals surface area contributed by atoms with Crippen molar-refractivity contribution in [1.82, 2.24) is 0 Å². The second-order valence-corrected chi connectivity index (χ2v) is 19.8. The highest BCUT2D eigenvalue weighted by Gasteiger charge is 2.39. The Kier molecular flexibility index (Phi) is 7.23. The predicted octanol–water partition coefficient (Wildman–Crippen LogP) is 16.8. The number of benzene rings is 10. The van der Waals surface area contributed by atoms with Gasteiger partial charge in [0.15, 0.2) is 0 Å². The number of nitrogens with zero attached hydrogens (tertiary/aromatic N) is 2. The summed E-state index contributed by atoms with van der Waals surface area (Å²) in [5.41, 5.74) is 17.5. The van der Waals surface area contributed by atoms with Gasteiger partial charge < -0.3 is 9.80 Å². The normalized spacial score (nSPS) is 15.5. The Labute approximate surface area is 369 Å². The molecular formula is C61H48N2. The van der Waals surface area contributed by atoms with E-state index in [1.807, 2.05) is 0 Å². The maximum atomic E-state index is 2.47. The molecule has 2 nitrogen and oxygen atoms in total. The summed E-state index contributed by atoms with van der Waals surface area (Å²) in [4.78, 5) is 4.94. The van der Waals surface area contributed by atoms with E-state index in [0.717, 1.165) is 11.4 Å². The third-order valence-electron chi connectivity index (χ3n) is 15.3. The standard InChI is InChI=1S/C61H48N2/c1-59(2)49-21-13-15-37-23-25-39-31-45(35-53(59)57(39)55(37)49)62(41-17-9-7-10-18-41)43-27-29-47-48-30-28-44(34-52(48)61(5,6)51(47)33-43)63(42-19-11-8-12-20-42)46-32-40-26-24-38-16-14-22-50-56(38)58(40)54(36-46)60(50,3)4/h7-36H,1-6H3. The minimum absolute atomic E-state index is 0.106. The zero-order valence-electron chi connectivity index (χ0n) is 36.7. The average Bonchev–Trinajstić information content (AvgIpc) is 3.78. The molecule has 0 aliphatic heterocycles. The van der Waals surface area contributed by atoms with Gasteiger partial charge >= 0.3 is 0 Å². The Morgan fingerprint density at radius 3 is 1.05 bits per heavy atom. The summed E-state index contributed by atoms with van der Waals surface area (Å²) in [5, 5.41) is 10.8. The first-order valence-corrected chi connectivity index (χ1v) is 22.5. The molecular weight excluding hydrogens is 761 g/mol. The molecule has 0 saturated carbocycles. The van der Waals surface area contributed by atoms with E-state index < -0.39 is 0 Å². The first kappa shape index (κ1) is 36.5. The topological polar surface area (TPSA) is 6.48 Å². The first-order chi connectivity index (χ1) is 30.5. The SMILES string of the molecule is CC1(C)c2cc(N(c3ccccc3)c3cc4c5c(ccc6cccc(c65)C4(C)C)c3)ccc2-c2ccc(N(c3ccccc3)c3cc4c5c(ccc6cccc(c65)C4(C)C)c3)cc21. The van der Waals surface area contributed by atoms with Gasteiger partial charge in [0, 0.05) is 50.4 Å². The summed E-state index contributed by atoms with van der Waals surface area (Å²) >= 11 is 0. The fourth-order valence-electron chi connectivity index (χ4n) is 12.1. The molecule has 10 aromatic rings. The maximum Gasteiger partial charge on any atom is 0.0471 e. The molecule has 0 atom stereocenters. The van der Waals surface area contributed by atoms with Gasteiger partial charge in [-0.25, -0.2) is 0 Å². The fourth-order valence-corrected chi connectivity index (χ4v) is 12.1. The highest BCUT2D eigenvalue weighted by atomic mass is 15.1. The van der Waals surface area contributed by atoms with Gasteiger partial charge in [0.2, 0.25) is 0 Å². The smallest absolute Gasteiger partial charge is 0.0471 e. The van der Waals surface area contributed by atoms with E-state index in [2.05, 4.69) is 233 Å². The van der Waals surface area contributed by atoms with Crippen LogP contribution < -0.4 is 9.80 Å². The summed E-state index contributed by atoms with van der Waals surface area (Å²) in [6, 6.07) is 68.8. The van der Waals surface area contributed by atoms with E-state index in [-0.39, 0.29) is 16.2 Å². The van der Waals surface area contributed by atoms with Crippen LogP contribution in [-0.2, 0) is 16.2 Å².